The Balaban J connectivity index is 1.49. The van der Waals surface area contributed by atoms with Crippen molar-refractivity contribution in [3.8, 4) is 11.5 Å². The summed E-state index contributed by atoms with van der Waals surface area (Å²) >= 11 is 0. The summed E-state index contributed by atoms with van der Waals surface area (Å²) < 4.78 is 10.8. The van der Waals surface area contributed by atoms with Gasteiger partial charge in [0.1, 0.15) is 17.3 Å². The van der Waals surface area contributed by atoms with Crippen molar-refractivity contribution < 1.29 is 19.4 Å². The third kappa shape index (κ3) is 3.37. The van der Waals surface area contributed by atoms with Gasteiger partial charge in [0.15, 0.2) is 11.5 Å². The largest absolute Gasteiger partial charge is 0.454 e. The van der Waals surface area contributed by atoms with E-state index in [1.807, 2.05) is 25.2 Å². The molecule has 8 nitrogen and oxygen atoms in total. The van der Waals surface area contributed by atoms with Gasteiger partial charge in [-0.3, -0.25) is 4.79 Å². The number of rotatable bonds is 6. The van der Waals surface area contributed by atoms with E-state index >= 15 is 0 Å². The number of hydrogen-bond acceptors (Lipinski definition) is 7. The number of nitrogens with zero attached hydrogens (tertiary/aromatic N) is 3. The number of carbonyl (C=O) groups excluding carboxylic acids is 1. The summed E-state index contributed by atoms with van der Waals surface area (Å²) in [5, 5.41) is 12.6. The minimum atomic E-state index is -0.154. The number of amides is 1. The second kappa shape index (κ2) is 6.88. The Kier molecular flexibility index (Phi) is 4.31. The fourth-order valence-electron chi connectivity index (χ4n) is 4.07. The SMILES string of the molecule is CN(CC1(CO)CC1)c1nc(Cc2ccc3c(c2)OCO3)nc2c1CCNC2=O. The summed E-state index contributed by atoms with van der Waals surface area (Å²) in [6, 6.07) is 5.78. The van der Waals surface area contributed by atoms with Crippen LogP contribution in [-0.2, 0) is 12.8 Å². The number of aliphatic hydroxyl groups excluding tert-OH is 1. The standard InChI is InChI=1S/C21H24N4O4/c1-25(10-21(11-26)5-6-21)19-14-4-7-22-20(27)18(14)23-17(24-19)9-13-2-3-15-16(8-13)29-12-28-15/h2-3,8,26H,4-7,9-12H2,1H3,(H,22,27). The molecule has 2 aliphatic heterocycles. The zero-order valence-electron chi connectivity index (χ0n) is 16.4. The van der Waals surface area contributed by atoms with Crippen LogP contribution in [0.3, 0.4) is 0 Å². The number of aliphatic hydroxyl groups is 1. The molecule has 2 aromatic rings. The fraction of sp³-hybridized carbons (Fsp3) is 0.476. The second-order valence-electron chi connectivity index (χ2n) is 8.18. The third-order valence-corrected chi connectivity index (χ3v) is 5.93. The molecule has 5 rings (SSSR count). The number of anilines is 1. The Labute approximate surface area is 168 Å². The van der Waals surface area contributed by atoms with Gasteiger partial charge in [-0.15, -0.1) is 0 Å². The molecule has 8 heteroatoms. The van der Waals surface area contributed by atoms with E-state index in [0.717, 1.165) is 42.1 Å². The highest BCUT2D eigenvalue weighted by Crippen LogP contribution is 2.46. The maximum Gasteiger partial charge on any atom is 0.270 e. The lowest BCUT2D eigenvalue weighted by Gasteiger charge is -2.28. The van der Waals surface area contributed by atoms with Crippen molar-refractivity contribution in [3.63, 3.8) is 0 Å². The van der Waals surface area contributed by atoms with Gasteiger partial charge >= 0.3 is 0 Å². The lowest BCUT2D eigenvalue weighted by molar-refractivity contribution is 0.0940. The Bertz CT molecular complexity index is 973. The van der Waals surface area contributed by atoms with Crippen LogP contribution in [0.4, 0.5) is 5.82 Å². The topological polar surface area (TPSA) is 96.8 Å². The van der Waals surface area contributed by atoms with E-state index in [1.165, 1.54) is 0 Å². The van der Waals surface area contributed by atoms with Gasteiger partial charge < -0.3 is 24.8 Å². The Morgan fingerprint density at radius 3 is 2.86 bits per heavy atom. The molecule has 0 atom stereocenters. The lowest BCUT2D eigenvalue weighted by Crippen LogP contribution is -2.37. The highest BCUT2D eigenvalue weighted by Gasteiger charge is 2.43. The van der Waals surface area contributed by atoms with E-state index in [1.54, 1.807) is 0 Å². The van der Waals surface area contributed by atoms with E-state index in [2.05, 4.69) is 15.2 Å². The lowest BCUT2D eigenvalue weighted by atomic mass is 10.0. The molecule has 3 aliphatic rings. The Hall–Kier alpha value is -2.87. The number of carbonyl (C=O) groups is 1. The molecule has 0 bridgehead atoms. The molecule has 1 saturated carbocycles. The van der Waals surface area contributed by atoms with Gasteiger partial charge in [-0.25, -0.2) is 9.97 Å². The van der Waals surface area contributed by atoms with Crippen molar-refractivity contribution in [2.24, 2.45) is 5.41 Å². The minimum absolute atomic E-state index is 0.0407. The Morgan fingerprint density at radius 2 is 2.07 bits per heavy atom. The van der Waals surface area contributed by atoms with Crippen molar-refractivity contribution in [3.05, 3.63) is 40.8 Å². The van der Waals surface area contributed by atoms with Gasteiger partial charge in [0.2, 0.25) is 6.79 Å². The average molecular weight is 396 g/mol. The predicted octanol–water partition coefficient (Wildman–Crippen LogP) is 1.29. The van der Waals surface area contributed by atoms with Gasteiger partial charge in [0.05, 0.1) is 6.61 Å². The summed E-state index contributed by atoms with van der Waals surface area (Å²) in [7, 11) is 1.98. The molecule has 0 spiro atoms. The number of ether oxygens (including phenoxy) is 2. The number of hydrogen-bond donors (Lipinski definition) is 2. The van der Waals surface area contributed by atoms with Crippen molar-refractivity contribution in [2.45, 2.75) is 25.7 Å². The first-order chi connectivity index (χ1) is 14.1. The molecule has 1 aromatic carbocycles. The van der Waals surface area contributed by atoms with Crippen molar-refractivity contribution >= 4 is 11.7 Å². The molecule has 29 heavy (non-hydrogen) atoms. The van der Waals surface area contributed by atoms with Gasteiger partial charge in [-0.2, -0.15) is 0 Å². The predicted molar refractivity (Wildman–Crippen MR) is 105 cm³/mol. The van der Waals surface area contributed by atoms with Crippen molar-refractivity contribution in [1.29, 1.82) is 0 Å². The zero-order valence-corrected chi connectivity index (χ0v) is 16.4. The number of aromatic nitrogens is 2. The van der Waals surface area contributed by atoms with Crippen molar-refractivity contribution in [2.75, 3.05) is 38.4 Å². The van der Waals surface area contributed by atoms with E-state index in [4.69, 9.17) is 14.5 Å². The monoisotopic (exact) mass is 396 g/mol. The third-order valence-electron chi connectivity index (χ3n) is 5.93. The van der Waals surface area contributed by atoms with Crippen LogP contribution in [0.2, 0.25) is 0 Å². The molecule has 0 radical (unpaired) electrons. The maximum atomic E-state index is 12.5. The van der Waals surface area contributed by atoms with Crippen LogP contribution in [0.25, 0.3) is 0 Å². The van der Waals surface area contributed by atoms with Gasteiger partial charge in [-0.05, 0) is 37.0 Å². The molecular formula is C21H24N4O4. The van der Waals surface area contributed by atoms with E-state index in [-0.39, 0.29) is 24.7 Å². The maximum absolute atomic E-state index is 12.5. The quantitative estimate of drug-likeness (QED) is 0.759. The number of benzene rings is 1. The molecule has 2 N–H and O–H groups in total. The summed E-state index contributed by atoms with van der Waals surface area (Å²) in [5.41, 5.74) is 2.30. The molecule has 152 valence electrons. The summed E-state index contributed by atoms with van der Waals surface area (Å²) in [6.07, 6.45) is 3.23. The summed E-state index contributed by atoms with van der Waals surface area (Å²) in [4.78, 5) is 24.0. The minimum Gasteiger partial charge on any atom is -0.454 e. The summed E-state index contributed by atoms with van der Waals surface area (Å²) in [6.45, 7) is 1.71. The normalized spacial score (nSPS) is 18.2. The summed E-state index contributed by atoms with van der Waals surface area (Å²) in [5.74, 6) is 2.68. The highest BCUT2D eigenvalue weighted by atomic mass is 16.7. The van der Waals surface area contributed by atoms with E-state index < -0.39 is 0 Å². The van der Waals surface area contributed by atoms with Crippen LogP contribution < -0.4 is 19.7 Å². The van der Waals surface area contributed by atoms with Crippen LogP contribution >= 0.6 is 0 Å². The molecule has 3 heterocycles. The molecule has 1 aromatic heterocycles. The molecule has 1 fully saturated rings. The van der Waals surface area contributed by atoms with Crippen molar-refractivity contribution in [1.82, 2.24) is 15.3 Å². The first-order valence-electron chi connectivity index (χ1n) is 9.95. The van der Waals surface area contributed by atoms with Gasteiger partial charge in [0, 0.05) is 37.5 Å². The zero-order chi connectivity index (χ0) is 20.0. The average Bonchev–Trinajstić information content (AvgIpc) is 3.34. The van der Waals surface area contributed by atoms with Crippen LogP contribution in [0.1, 0.15) is 40.3 Å². The second-order valence-corrected chi connectivity index (χ2v) is 8.18. The molecule has 1 amide bonds. The van der Waals surface area contributed by atoms with E-state index in [0.29, 0.717) is 36.7 Å². The van der Waals surface area contributed by atoms with Crippen LogP contribution in [0.5, 0.6) is 11.5 Å². The van der Waals surface area contributed by atoms with Crippen LogP contribution in [-0.4, -0.2) is 54.5 Å². The smallest absolute Gasteiger partial charge is 0.270 e. The number of fused-ring (bicyclic) bond motifs is 2. The van der Waals surface area contributed by atoms with Gasteiger partial charge in [-0.1, -0.05) is 6.07 Å². The Morgan fingerprint density at radius 1 is 1.24 bits per heavy atom. The van der Waals surface area contributed by atoms with Crippen LogP contribution in [0.15, 0.2) is 18.2 Å². The molecular weight excluding hydrogens is 372 g/mol. The molecule has 1 aliphatic carbocycles. The fourth-order valence-corrected chi connectivity index (χ4v) is 4.07. The molecule has 0 unspecified atom stereocenters. The number of nitrogens with one attached hydrogen (secondary N) is 1. The highest BCUT2D eigenvalue weighted by molar-refractivity contribution is 5.96. The first kappa shape index (κ1) is 18.2. The first-order valence-corrected chi connectivity index (χ1v) is 9.95. The van der Waals surface area contributed by atoms with E-state index in [9.17, 15) is 9.90 Å². The van der Waals surface area contributed by atoms with Gasteiger partial charge in [0.25, 0.3) is 5.91 Å². The van der Waals surface area contributed by atoms with Crippen LogP contribution in [0, 0.1) is 5.41 Å². The molecule has 0 saturated heterocycles.